The third kappa shape index (κ3) is 2.55. The van der Waals surface area contributed by atoms with Crippen LogP contribution >= 0.6 is 11.6 Å². The number of nitrogens with zero attached hydrogens (tertiary/aromatic N) is 1. The van der Waals surface area contributed by atoms with Crippen molar-refractivity contribution in [1.29, 1.82) is 0 Å². The predicted molar refractivity (Wildman–Crippen MR) is 65.9 cm³/mol. The van der Waals surface area contributed by atoms with E-state index >= 15 is 0 Å². The minimum Gasteiger partial charge on any atom is -0.407 e. The first kappa shape index (κ1) is 13.5. The van der Waals surface area contributed by atoms with Crippen LogP contribution in [0.4, 0.5) is 0 Å². The van der Waals surface area contributed by atoms with E-state index in [1.54, 1.807) is 0 Å². The van der Waals surface area contributed by atoms with E-state index < -0.39 is 29.0 Å². The van der Waals surface area contributed by atoms with Gasteiger partial charge in [0.15, 0.2) is 0 Å². The number of hydrogen-bond acceptors (Lipinski definition) is 4. The molecule has 2 N–H and O–H groups in total. The molecule has 1 aliphatic heterocycles. The van der Waals surface area contributed by atoms with Gasteiger partial charge in [0, 0.05) is 11.6 Å². The van der Waals surface area contributed by atoms with Gasteiger partial charge in [0.2, 0.25) is 0 Å². The van der Waals surface area contributed by atoms with Crippen LogP contribution in [0.1, 0.15) is 19.1 Å². The van der Waals surface area contributed by atoms with Gasteiger partial charge < -0.3 is 9.84 Å². The molecule has 0 aromatic carbocycles. The van der Waals surface area contributed by atoms with Crippen LogP contribution in [0.15, 0.2) is 15.8 Å². The molecule has 1 aromatic rings. The van der Waals surface area contributed by atoms with Crippen molar-refractivity contribution in [2.24, 2.45) is 0 Å². The number of aromatic amines is 1. The molecule has 1 aromatic heterocycles. The highest BCUT2D eigenvalue weighted by atomic mass is 35.5. The number of aliphatic hydroxyl groups is 1. The second-order valence-electron chi connectivity index (χ2n) is 4.19. The minimum atomic E-state index is -1.97. The quantitative estimate of drug-likeness (QED) is 0.662. The molecule has 0 spiro atoms. The summed E-state index contributed by atoms with van der Waals surface area (Å²) in [5, 5.41) is 7.31. The predicted octanol–water partition coefficient (Wildman–Crippen LogP) is -1.15. The fourth-order valence-corrected chi connectivity index (χ4v) is 1.99. The van der Waals surface area contributed by atoms with Gasteiger partial charge >= 0.3 is 5.69 Å². The lowest BCUT2D eigenvalue weighted by Gasteiger charge is -2.26. The zero-order valence-electron chi connectivity index (χ0n) is 9.30. The van der Waals surface area contributed by atoms with Crippen molar-refractivity contribution in [3.8, 4) is 0 Å². The maximum atomic E-state index is 11.6. The Bertz CT molecular complexity index is 565. The van der Waals surface area contributed by atoms with Crippen LogP contribution in [0.3, 0.4) is 0 Å². The second kappa shape index (κ2) is 4.60. The summed E-state index contributed by atoms with van der Waals surface area (Å²) in [4.78, 5) is 24.7. The summed E-state index contributed by atoms with van der Waals surface area (Å²) in [7, 11) is 10.6. The minimum absolute atomic E-state index is 0.127. The molecular weight excluding hydrogens is 257 g/mol. The van der Waals surface area contributed by atoms with E-state index in [1.807, 2.05) is 0 Å². The molecule has 92 valence electrons. The van der Waals surface area contributed by atoms with Crippen LogP contribution < -0.4 is 11.2 Å². The van der Waals surface area contributed by atoms with Crippen molar-refractivity contribution >= 4 is 27.3 Å². The van der Waals surface area contributed by atoms with Gasteiger partial charge in [-0.25, -0.2) is 4.79 Å². The highest BCUT2D eigenvalue weighted by Gasteiger charge is 2.35. The van der Waals surface area contributed by atoms with Crippen LogP contribution in [-0.2, 0) is 4.74 Å². The second-order valence-corrected chi connectivity index (χ2v) is 4.59. The average Bonchev–Trinajstić information content (AvgIpc) is 2.72. The van der Waals surface area contributed by atoms with E-state index in [-0.39, 0.29) is 5.02 Å². The highest BCUT2D eigenvalue weighted by molar-refractivity contribution is 6.39. The zero-order valence-corrected chi connectivity index (χ0v) is 10.1. The van der Waals surface area contributed by atoms with E-state index in [1.165, 1.54) is 6.20 Å². The number of ether oxygens (including phenoxy) is 1. The van der Waals surface area contributed by atoms with Crippen molar-refractivity contribution in [1.82, 2.24) is 9.55 Å². The summed E-state index contributed by atoms with van der Waals surface area (Å²) in [6.07, 6.45) is 0.527. The third-order valence-corrected chi connectivity index (χ3v) is 3.02. The van der Waals surface area contributed by atoms with Crippen molar-refractivity contribution in [3.05, 3.63) is 32.1 Å². The highest BCUT2D eigenvalue weighted by Crippen LogP contribution is 2.30. The van der Waals surface area contributed by atoms with Crippen LogP contribution in [0.25, 0.3) is 0 Å². The van der Waals surface area contributed by atoms with Crippen molar-refractivity contribution in [2.75, 3.05) is 0 Å². The number of rotatable bonds is 2. The largest absolute Gasteiger partial charge is 0.407 e. The molecule has 1 saturated heterocycles. The van der Waals surface area contributed by atoms with Crippen LogP contribution in [0, 0.1) is 0 Å². The summed E-state index contributed by atoms with van der Waals surface area (Å²) < 4.78 is 6.50. The summed E-state index contributed by atoms with van der Waals surface area (Å²) in [6, 6.07) is 0. The Balaban J connectivity index is 2.28. The molecular formula is C9H9B2ClN2O4. The molecule has 1 aliphatic rings. The summed E-state index contributed by atoms with van der Waals surface area (Å²) >= 11 is 5.63. The van der Waals surface area contributed by atoms with Crippen molar-refractivity contribution in [2.45, 2.75) is 30.6 Å². The van der Waals surface area contributed by atoms with Gasteiger partial charge in [-0.2, -0.15) is 0 Å². The molecule has 2 heterocycles. The Morgan fingerprint density at radius 2 is 2.17 bits per heavy atom. The molecule has 18 heavy (non-hydrogen) atoms. The molecule has 9 heteroatoms. The monoisotopic (exact) mass is 266 g/mol. The maximum Gasteiger partial charge on any atom is 0.330 e. The molecule has 0 amide bonds. The summed E-state index contributed by atoms with van der Waals surface area (Å²) in [6.45, 7) is 0. The van der Waals surface area contributed by atoms with Crippen LogP contribution in [-0.4, -0.2) is 41.9 Å². The van der Waals surface area contributed by atoms with Gasteiger partial charge in [-0.1, -0.05) is 11.6 Å². The first-order valence-electron chi connectivity index (χ1n) is 5.25. The van der Waals surface area contributed by atoms with Gasteiger partial charge in [0.25, 0.3) is 5.56 Å². The average molecular weight is 266 g/mol. The van der Waals surface area contributed by atoms with Gasteiger partial charge in [-0.15, -0.1) is 0 Å². The lowest BCUT2D eigenvalue weighted by Crippen LogP contribution is -2.43. The Labute approximate surface area is 110 Å². The van der Waals surface area contributed by atoms with E-state index in [9.17, 15) is 14.7 Å². The normalized spacial score (nSPS) is 24.3. The van der Waals surface area contributed by atoms with E-state index in [0.717, 1.165) is 4.57 Å². The fourth-order valence-electron chi connectivity index (χ4n) is 1.84. The van der Waals surface area contributed by atoms with Crippen molar-refractivity contribution < 1.29 is 9.84 Å². The SMILES string of the molecule is [B]C([B])(O)C1CCC(n2cc(Cl)c(=O)[nH]c2=O)O1. The lowest BCUT2D eigenvalue weighted by molar-refractivity contribution is -0.0502. The summed E-state index contributed by atoms with van der Waals surface area (Å²) in [5.74, 6) is 0. The van der Waals surface area contributed by atoms with E-state index in [2.05, 4.69) is 4.98 Å². The molecule has 2 unspecified atom stereocenters. The van der Waals surface area contributed by atoms with Crippen molar-refractivity contribution in [3.63, 3.8) is 0 Å². The summed E-state index contributed by atoms with van der Waals surface area (Å²) in [5.41, 5.74) is -1.31. The topological polar surface area (TPSA) is 84.3 Å². The fraction of sp³-hybridized carbons (Fsp3) is 0.556. The first-order valence-corrected chi connectivity index (χ1v) is 5.63. The molecule has 0 bridgehead atoms. The zero-order chi connectivity index (χ0) is 13.5. The third-order valence-electron chi connectivity index (χ3n) is 2.75. The van der Waals surface area contributed by atoms with Gasteiger partial charge in [-0.05, 0) is 12.8 Å². The Hall–Kier alpha value is -0.980. The standard InChI is InChI=1S/C9H9B2ClN2O4/c10-9(11,17)5-1-2-6(18-5)14-3-4(12)7(15)13-8(14)16/h3,5-6,17H,1-2H2,(H,13,15,16). The Morgan fingerprint density at radius 3 is 2.72 bits per heavy atom. The number of hydrogen-bond donors (Lipinski definition) is 2. The molecule has 2 rings (SSSR count). The van der Waals surface area contributed by atoms with Crippen LogP contribution in [0.2, 0.25) is 5.02 Å². The van der Waals surface area contributed by atoms with Crippen LogP contribution in [0.5, 0.6) is 0 Å². The molecule has 6 nitrogen and oxygen atoms in total. The van der Waals surface area contributed by atoms with E-state index in [0.29, 0.717) is 12.8 Å². The first-order chi connectivity index (χ1) is 8.29. The smallest absolute Gasteiger partial charge is 0.330 e. The van der Waals surface area contributed by atoms with Gasteiger partial charge in [0.1, 0.15) is 26.9 Å². The molecule has 4 radical (unpaired) electrons. The number of nitrogens with one attached hydrogen (secondary N) is 1. The Kier molecular flexibility index (Phi) is 3.44. The lowest BCUT2D eigenvalue weighted by atomic mass is 9.61. The number of halogens is 1. The molecule has 1 fully saturated rings. The Morgan fingerprint density at radius 1 is 1.50 bits per heavy atom. The van der Waals surface area contributed by atoms with Gasteiger partial charge in [-0.3, -0.25) is 14.3 Å². The molecule has 2 atom stereocenters. The maximum absolute atomic E-state index is 11.6. The number of aromatic nitrogens is 2. The van der Waals surface area contributed by atoms with E-state index in [4.69, 9.17) is 32.0 Å². The number of H-pyrrole nitrogens is 1. The molecule has 0 saturated carbocycles. The van der Waals surface area contributed by atoms with Gasteiger partial charge in [0.05, 0.1) is 6.10 Å². The molecule has 0 aliphatic carbocycles.